The second kappa shape index (κ2) is 4.58. The van der Waals surface area contributed by atoms with Gasteiger partial charge in [0.2, 0.25) is 0 Å². The molecule has 2 aromatic rings. The first-order chi connectivity index (χ1) is 8.49. The highest BCUT2D eigenvalue weighted by Crippen LogP contribution is 2.18. The minimum atomic E-state index is -0.652. The smallest absolute Gasteiger partial charge is 0.269 e. The third-order valence-electron chi connectivity index (χ3n) is 2.59. The zero-order valence-corrected chi connectivity index (χ0v) is 9.80. The van der Waals surface area contributed by atoms with Crippen LogP contribution in [0, 0.1) is 5.82 Å². The van der Waals surface area contributed by atoms with Crippen LogP contribution in [-0.4, -0.2) is 15.7 Å². The van der Waals surface area contributed by atoms with Crippen LogP contribution < -0.4 is 11.5 Å². The number of halogens is 1. The highest BCUT2D eigenvalue weighted by atomic mass is 19.1. The Hall–Kier alpha value is -2.21. The average Bonchev–Trinajstić information content (AvgIpc) is 2.78. The molecule has 0 spiro atoms. The van der Waals surface area contributed by atoms with E-state index in [-0.39, 0.29) is 17.4 Å². The second-order valence-electron chi connectivity index (χ2n) is 4.01. The fourth-order valence-electron chi connectivity index (χ4n) is 1.58. The van der Waals surface area contributed by atoms with Gasteiger partial charge in [0.25, 0.3) is 5.91 Å². The summed E-state index contributed by atoms with van der Waals surface area (Å²) in [5, 5.41) is 3.89. The quantitative estimate of drug-likeness (QED) is 0.853. The predicted molar refractivity (Wildman–Crippen MR) is 64.6 cm³/mol. The summed E-state index contributed by atoms with van der Waals surface area (Å²) < 4.78 is 15.1. The van der Waals surface area contributed by atoms with E-state index in [1.165, 1.54) is 23.0 Å². The number of nitrogens with zero attached hydrogens (tertiary/aromatic N) is 2. The number of carbonyl (C=O) groups is 1. The van der Waals surface area contributed by atoms with Crippen LogP contribution in [0.3, 0.4) is 0 Å². The number of aromatic nitrogens is 2. The molecular weight excluding hydrogens is 235 g/mol. The minimum absolute atomic E-state index is 0.0886. The van der Waals surface area contributed by atoms with Crippen molar-refractivity contribution in [2.75, 3.05) is 0 Å². The lowest BCUT2D eigenvalue weighted by Crippen LogP contribution is -2.12. The fraction of sp³-hybridized carbons (Fsp3) is 0.167. The zero-order chi connectivity index (χ0) is 13.3. The molecule has 1 aromatic heterocycles. The molecular formula is C12H13FN4O. The molecule has 0 fully saturated rings. The van der Waals surface area contributed by atoms with Crippen LogP contribution in [0.15, 0.2) is 30.5 Å². The van der Waals surface area contributed by atoms with E-state index < -0.39 is 11.7 Å². The Bertz CT molecular complexity index is 592. The van der Waals surface area contributed by atoms with Crippen LogP contribution in [0.25, 0.3) is 5.69 Å². The van der Waals surface area contributed by atoms with Gasteiger partial charge < -0.3 is 11.5 Å². The van der Waals surface area contributed by atoms with Gasteiger partial charge in [-0.15, -0.1) is 0 Å². The molecule has 0 radical (unpaired) electrons. The van der Waals surface area contributed by atoms with Crippen molar-refractivity contribution in [3.05, 3.63) is 47.5 Å². The summed E-state index contributed by atoms with van der Waals surface area (Å²) in [4.78, 5) is 10.9. The standard InChI is InChI=1S/C12H13FN4O/c1-7(14)8-2-3-11(9(13)6-8)17-5-4-10(16-17)12(15)18/h2-7H,14H2,1H3,(H2,15,18). The van der Waals surface area contributed by atoms with Crippen molar-refractivity contribution in [3.8, 4) is 5.69 Å². The van der Waals surface area contributed by atoms with Gasteiger partial charge >= 0.3 is 0 Å². The number of benzene rings is 1. The Kier molecular flexibility index (Phi) is 3.12. The molecule has 1 unspecified atom stereocenters. The molecule has 0 aliphatic carbocycles. The Morgan fingerprint density at radius 1 is 1.44 bits per heavy atom. The normalized spacial score (nSPS) is 12.4. The minimum Gasteiger partial charge on any atom is -0.364 e. The molecule has 6 heteroatoms. The van der Waals surface area contributed by atoms with Gasteiger partial charge in [-0.1, -0.05) is 6.07 Å². The first-order valence-electron chi connectivity index (χ1n) is 5.40. The number of rotatable bonds is 3. The monoisotopic (exact) mass is 248 g/mol. The Morgan fingerprint density at radius 3 is 2.67 bits per heavy atom. The van der Waals surface area contributed by atoms with Gasteiger partial charge in [-0.25, -0.2) is 9.07 Å². The number of carbonyl (C=O) groups excluding carboxylic acids is 1. The summed E-state index contributed by atoms with van der Waals surface area (Å²) in [6, 6.07) is 5.82. The molecule has 0 aliphatic heterocycles. The van der Waals surface area contributed by atoms with Gasteiger partial charge in [0, 0.05) is 12.2 Å². The van der Waals surface area contributed by atoms with E-state index in [4.69, 9.17) is 11.5 Å². The molecule has 4 N–H and O–H groups in total. The Labute approximate surface area is 103 Å². The molecule has 0 saturated carbocycles. The van der Waals surface area contributed by atoms with Crippen LogP contribution in [0.1, 0.15) is 29.0 Å². The summed E-state index contributed by atoms with van der Waals surface area (Å²) in [7, 11) is 0. The molecule has 0 saturated heterocycles. The van der Waals surface area contributed by atoms with Crippen molar-refractivity contribution in [3.63, 3.8) is 0 Å². The molecule has 1 atom stereocenters. The topological polar surface area (TPSA) is 86.9 Å². The van der Waals surface area contributed by atoms with E-state index in [9.17, 15) is 9.18 Å². The summed E-state index contributed by atoms with van der Waals surface area (Å²) >= 11 is 0. The number of amides is 1. The van der Waals surface area contributed by atoms with Crippen LogP contribution in [0.5, 0.6) is 0 Å². The maximum absolute atomic E-state index is 13.9. The van der Waals surface area contributed by atoms with Gasteiger partial charge in [0.15, 0.2) is 0 Å². The second-order valence-corrected chi connectivity index (χ2v) is 4.01. The number of hydrogen-bond donors (Lipinski definition) is 2. The zero-order valence-electron chi connectivity index (χ0n) is 9.80. The Balaban J connectivity index is 2.41. The molecule has 94 valence electrons. The predicted octanol–water partition coefficient (Wildman–Crippen LogP) is 1.13. The van der Waals surface area contributed by atoms with Crippen LogP contribution in [0.4, 0.5) is 4.39 Å². The van der Waals surface area contributed by atoms with E-state index in [2.05, 4.69) is 5.10 Å². The number of hydrogen-bond acceptors (Lipinski definition) is 3. The molecule has 1 aromatic carbocycles. The third-order valence-corrected chi connectivity index (χ3v) is 2.59. The first kappa shape index (κ1) is 12.3. The largest absolute Gasteiger partial charge is 0.364 e. The lowest BCUT2D eigenvalue weighted by molar-refractivity contribution is 0.0995. The van der Waals surface area contributed by atoms with Crippen molar-refractivity contribution in [1.29, 1.82) is 0 Å². The lowest BCUT2D eigenvalue weighted by atomic mass is 10.1. The summed E-state index contributed by atoms with van der Waals surface area (Å²) in [6.07, 6.45) is 1.48. The molecule has 5 nitrogen and oxygen atoms in total. The third kappa shape index (κ3) is 2.23. The molecule has 1 heterocycles. The highest BCUT2D eigenvalue weighted by molar-refractivity contribution is 5.90. The van der Waals surface area contributed by atoms with Gasteiger partial charge in [-0.2, -0.15) is 5.10 Å². The first-order valence-corrected chi connectivity index (χ1v) is 5.40. The number of primary amides is 1. The van der Waals surface area contributed by atoms with Crippen molar-refractivity contribution in [1.82, 2.24) is 9.78 Å². The summed E-state index contributed by atoms with van der Waals surface area (Å²) in [5.41, 5.74) is 11.8. The SMILES string of the molecule is CC(N)c1ccc(-n2ccc(C(N)=O)n2)c(F)c1. The number of nitrogens with two attached hydrogens (primary N) is 2. The van der Waals surface area contributed by atoms with E-state index in [1.807, 2.05) is 0 Å². The van der Waals surface area contributed by atoms with E-state index >= 15 is 0 Å². The lowest BCUT2D eigenvalue weighted by Gasteiger charge is -2.08. The maximum atomic E-state index is 13.9. The van der Waals surface area contributed by atoms with Crippen LogP contribution >= 0.6 is 0 Å². The van der Waals surface area contributed by atoms with Gasteiger partial charge in [0.1, 0.15) is 17.2 Å². The maximum Gasteiger partial charge on any atom is 0.269 e. The molecule has 1 amide bonds. The van der Waals surface area contributed by atoms with Crippen molar-refractivity contribution in [2.24, 2.45) is 11.5 Å². The van der Waals surface area contributed by atoms with Crippen molar-refractivity contribution >= 4 is 5.91 Å². The molecule has 2 rings (SSSR count). The van der Waals surface area contributed by atoms with Gasteiger partial charge in [-0.05, 0) is 30.7 Å². The summed E-state index contributed by atoms with van der Waals surface area (Å²) in [5.74, 6) is -1.11. The van der Waals surface area contributed by atoms with Gasteiger partial charge in [-0.3, -0.25) is 4.79 Å². The van der Waals surface area contributed by atoms with Crippen molar-refractivity contribution in [2.45, 2.75) is 13.0 Å². The van der Waals surface area contributed by atoms with Crippen LogP contribution in [0.2, 0.25) is 0 Å². The van der Waals surface area contributed by atoms with E-state index in [0.29, 0.717) is 5.56 Å². The average molecular weight is 248 g/mol. The highest BCUT2D eigenvalue weighted by Gasteiger charge is 2.11. The van der Waals surface area contributed by atoms with Gasteiger partial charge in [0.05, 0.1) is 0 Å². The summed E-state index contributed by atoms with van der Waals surface area (Å²) in [6.45, 7) is 1.77. The molecule has 0 aliphatic rings. The molecule has 0 bridgehead atoms. The molecule has 18 heavy (non-hydrogen) atoms. The Morgan fingerprint density at radius 2 is 2.17 bits per heavy atom. The van der Waals surface area contributed by atoms with E-state index in [0.717, 1.165) is 0 Å². The fourth-order valence-corrected chi connectivity index (χ4v) is 1.58. The van der Waals surface area contributed by atoms with E-state index in [1.54, 1.807) is 19.1 Å². The van der Waals surface area contributed by atoms with Crippen molar-refractivity contribution < 1.29 is 9.18 Å². The van der Waals surface area contributed by atoms with Crippen LogP contribution in [-0.2, 0) is 0 Å².